The number of carbonyl (C=O) groups excluding carboxylic acids is 2. The Hall–Kier alpha value is -2.44. The number of halogens is 2. The molecule has 0 heterocycles. The maximum Gasteiger partial charge on any atom is 0.251 e. The quantitative estimate of drug-likeness (QED) is 0.673. The molecular weight excluding hydrogens is 369 g/mol. The second kappa shape index (κ2) is 10.6. The Bertz CT molecular complexity index is 749. The summed E-state index contributed by atoms with van der Waals surface area (Å²) < 4.78 is 12.9. The van der Waals surface area contributed by atoms with E-state index in [4.69, 9.17) is 5.73 Å². The summed E-state index contributed by atoms with van der Waals surface area (Å²) in [6, 6.07) is 12.0. The van der Waals surface area contributed by atoms with Gasteiger partial charge in [0.15, 0.2) is 0 Å². The summed E-state index contributed by atoms with van der Waals surface area (Å²) in [4.78, 5) is 24.2. The average Bonchev–Trinajstić information content (AvgIpc) is 2.61. The van der Waals surface area contributed by atoms with Crippen LogP contribution in [0.3, 0.4) is 0 Å². The predicted octanol–water partition coefficient (Wildman–Crippen LogP) is 3.49. The number of carbonyl (C=O) groups is 2. The van der Waals surface area contributed by atoms with Crippen LogP contribution in [0.15, 0.2) is 48.5 Å². The first kappa shape index (κ1) is 22.6. The fourth-order valence-electron chi connectivity index (χ4n) is 2.44. The molecule has 1 atom stereocenters. The van der Waals surface area contributed by atoms with E-state index in [1.165, 1.54) is 12.1 Å². The van der Waals surface area contributed by atoms with E-state index < -0.39 is 6.04 Å². The van der Waals surface area contributed by atoms with Crippen LogP contribution in [0.1, 0.15) is 36.2 Å². The molecule has 0 radical (unpaired) electrons. The van der Waals surface area contributed by atoms with Gasteiger partial charge < -0.3 is 16.4 Å². The summed E-state index contributed by atoms with van der Waals surface area (Å²) in [5.41, 5.74) is 7.71. The van der Waals surface area contributed by atoms with Crippen LogP contribution in [0.5, 0.6) is 0 Å². The minimum absolute atomic E-state index is 0. The molecule has 0 fully saturated rings. The lowest BCUT2D eigenvalue weighted by molar-refractivity contribution is -0.117. The second-order valence-corrected chi connectivity index (χ2v) is 6.61. The van der Waals surface area contributed by atoms with Gasteiger partial charge in [0.1, 0.15) is 5.82 Å². The molecule has 2 aromatic carbocycles. The smallest absolute Gasteiger partial charge is 0.251 e. The number of hydrogen-bond acceptors (Lipinski definition) is 3. The summed E-state index contributed by atoms with van der Waals surface area (Å²) in [5, 5.41) is 5.51. The lowest BCUT2D eigenvalue weighted by atomic mass is 10.0. The molecule has 0 aliphatic rings. The van der Waals surface area contributed by atoms with E-state index in [0.717, 1.165) is 5.56 Å². The van der Waals surface area contributed by atoms with Gasteiger partial charge in [-0.2, -0.15) is 0 Å². The highest BCUT2D eigenvalue weighted by Crippen LogP contribution is 2.12. The first-order valence-electron chi connectivity index (χ1n) is 8.54. The molecule has 2 aromatic rings. The Balaban J connectivity index is 0.00000364. The molecular formula is C20H25ClFN3O2. The van der Waals surface area contributed by atoms with E-state index in [2.05, 4.69) is 10.6 Å². The minimum Gasteiger partial charge on any atom is -0.348 e. The SMILES string of the molecule is CC(C)C[C@H](N)C(=O)Nc1ccc(C(=O)NCc2ccc(F)cc2)cc1.Cl. The van der Waals surface area contributed by atoms with Crippen molar-refractivity contribution >= 4 is 29.9 Å². The number of benzene rings is 2. The molecule has 2 rings (SSSR count). The van der Waals surface area contributed by atoms with Crippen molar-refractivity contribution in [2.45, 2.75) is 32.9 Å². The van der Waals surface area contributed by atoms with Crippen molar-refractivity contribution in [3.63, 3.8) is 0 Å². The Kier molecular flexibility index (Phi) is 8.91. The van der Waals surface area contributed by atoms with Crippen LogP contribution >= 0.6 is 12.4 Å². The first-order valence-corrected chi connectivity index (χ1v) is 8.54. The summed E-state index contributed by atoms with van der Waals surface area (Å²) in [6.45, 7) is 4.32. The summed E-state index contributed by atoms with van der Waals surface area (Å²) >= 11 is 0. The molecule has 0 saturated carbocycles. The first-order chi connectivity index (χ1) is 12.3. The summed E-state index contributed by atoms with van der Waals surface area (Å²) in [5.74, 6) is -0.468. The third kappa shape index (κ3) is 7.37. The molecule has 0 saturated heterocycles. The van der Waals surface area contributed by atoms with Crippen molar-refractivity contribution < 1.29 is 14.0 Å². The van der Waals surface area contributed by atoms with Crippen LogP contribution in [0, 0.1) is 11.7 Å². The number of amides is 2. The van der Waals surface area contributed by atoms with Gasteiger partial charge in [0.25, 0.3) is 5.91 Å². The van der Waals surface area contributed by atoms with E-state index in [1.807, 2.05) is 13.8 Å². The standard InChI is InChI=1S/C20H24FN3O2.ClH/c1-13(2)11-18(22)20(26)24-17-9-5-15(6-10-17)19(25)23-12-14-3-7-16(21)8-4-14;/h3-10,13,18H,11-12,22H2,1-2H3,(H,23,25)(H,24,26);1H/t18-;/m0./s1. The highest BCUT2D eigenvalue weighted by molar-refractivity contribution is 5.97. The molecule has 0 unspecified atom stereocenters. The Morgan fingerprint density at radius 3 is 2.19 bits per heavy atom. The van der Waals surface area contributed by atoms with Gasteiger partial charge >= 0.3 is 0 Å². The topological polar surface area (TPSA) is 84.2 Å². The Labute approximate surface area is 164 Å². The zero-order valence-electron chi connectivity index (χ0n) is 15.4. The normalized spacial score (nSPS) is 11.4. The largest absolute Gasteiger partial charge is 0.348 e. The molecule has 0 aliphatic carbocycles. The fourth-order valence-corrected chi connectivity index (χ4v) is 2.44. The van der Waals surface area contributed by atoms with Crippen LogP contribution in [0.4, 0.5) is 10.1 Å². The van der Waals surface area contributed by atoms with E-state index in [0.29, 0.717) is 30.1 Å². The number of hydrogen-bond donors (Lipinski definition) is 3. The third-order valence-electron chi connectivity index (χ3n) is 3.84. The van der Waals surface area contributed by atoms with Gasteiger partial charge in [-0.05, 0) is 54.3 Å². The van der Waals surface area contributed by atoms with E-state index in [-0.39, 0.29) is 30.0 Å². The van der Waals surface area contributed by atoms with Gasteiger partial charge in [0, 0.05) is 17.8 Å². The summed E-state index contributed by atoms with van der Waals surface area (Å²) in [7, 11) is 0. The molecule has 4 N–H and O–H groups in total. The number of nitrogens with one attached hydrogen (secondary N) is 2. The molecule has 5 nitrogen and oxygen atoms in total. The number of nitrogens with two attached hydrogens (primary N) is 1. The maximum absolute atomic E-state index is 12.9. The zero-order chi connectivity index (χ0) is 19.1. The van der Waals surface area contributed by atoms with Crippen LogP contribution < -0.4 is 16.4 Å². The third-order valence-corrected chi connectivity index (χ3v) is 3.84. The molecule has 0 aromatic heterocycles. The lowest BCUT2D eigenvalue weighted by Crippen LogP contribution is -2.36. The zero-order valence-corrected chi connectivity index (χ0v) is 16.2. The van der Waals surface area contributed by atoms with Crippen LogP contribution in [0.25, 0.3) is 0 Å². The maximum atomic E-state index is 12.9. The fraction of sp³-hybridized carbons (Fsp3) is 0.300. The van der Waals surface area contributed by atoms with E-state index in [9.17, 15) is 14.0 Å². The number of rotatable bonds is 7. The van der Waals surface area contributed by atoms with Crippen molar-refractivity contribution in [2.75, 3.05) is 5.32 Å². The average molecular weight is 394 g/mol. The van der Waals surface area contributed by atoms with Crippen molar-refractivity contribution in [1.82, 2.24) is 5.32 Å². The van der Waals surface area contributed by atoms with Crippen molar-refractivity contribution in [2.24, 2.45) is 11.7 Å². The van der Waals surface area contributed by atoms with Gasteiger partial charge in [-0.3, -0.25) is 9.59 Å². The van der Waals surface area contributed by atoms with E-state index in [1.54, 1.807) is 36.4 Å². The molecule has 2 amide bonds. The molecule has 0 bridgehead atoms. The van der Waals surface area contributed by atoms with Crippen LogP contribution in [0.2, 0.25) is 0 Å². The Morgan fingerprint density at radius 2 is 1.63 bits per heavy atom. The van der Waals surface area contributed by atoms with Crippen molar-refractivity contribution in [1.29, 1.82) is 0 Å². The Morgan fingerprint density at radius 1 is 1.04 bits per heavy atom. The van der Waals surface area contributed by atoms with Gasteiger partial charge in [-0.25, -0.2) is 4.39 Å². The highest BCUT2D eigenvalue weighted by atomic mass is 35.5. The predicted molar refractivity (Wildman–Crippen MR) is 107 cm³/mol. The molecule has 7 heteroatoms. The van der Waals surface area contributed by atoms with Gasteiger partial charge in [0.2, 0.25) is 5.91 Å². The van der Waals surface area contributed by atoms with Crippen molar-refractivity contribution in [3.8, 4) is 0 Å². The number of anilines is 1. The second-order valence-electron chi connectivity index (χ2n) is 6.61. The van der Waals surface area contributed by atoms with Gasteiger partial charge in [-0.15, -0.1) is 12.4 Å². The minimum atomic E-state index is -0.561. The summed E-state index contributed by atoms with van der Waals surface area (Å²) in [6.07, 6.45) is 0.607. The van der Waals surface area contributed by atoms with Gasteiger partial charge in [-0.1, -0.05) is 26.0 Å². The molecule has 146 valence electrons. The highest BCUT2D eigenvalue weighted by Gasteiger charge is 2.15. The molecule has 0 spiro atoms. The molecule has 27 heavy (non-hydrogen) atoms. The lowest BCUT2D eigenvalue weighted by Gasteiger charge is -2.14. The van der Waals surface area contributed by atoms with Gasteiger partial charge in [0.05, 0.1) is 6.04 Å². The molecule has 0 aliphatic heterocycles. The van der Waals surface area contributed by atoms with E-state index >= 15 is 0 Å². The van der Waals surface area contributed by atoms with Crippen LogP contribution in [-0.2, 0) is 11.3 Å². The van der Waals surface area contributed by atoms with Crippen molar-refractivity contribution in [3.05, 3.63) is 65.5 Å². The monoisotopic (exact) mass is 393 g/mol. The van der Waals surface area contributed by atoms with Crippen LogP contribution in [-0.4, -0.2) is 17.9 Å².